The van der Waals surface area contributed by atoms with Crippen LogP contribution in [0.15, 0.2) is 34.3 Å². The molecule has 1 aromatic carbocycles. The molecule has 11 heteroatoms. The van der Waals surface area contributed by atoms with Crippen molar-refractivity contribution in [3.8, 4) is 0 Å². The summed E-state index contributed by atoms with van der Waals surface area (Å²) in [5.74, 6) is 0.226. The first-order chi connectivity index (χ1) is 13.4. The maximum Gasteiger partial charge on any atom is 0.243 e. The lowest BCUT2D eigenvalue weighted by Gasteiger charge is -2.18. The number of hydrogen-bond donors (Lipinski definition) is 2. The standard InChI is InChI=1S/C17H24N6O3S2/c1-3-22(4-2)28(25,26)14-7-5-6-12(10-14)19-15(24)11-27-17-21-20-16(18)23(17)13-8-9-13/h5-7,10,13H,3-4,8-9,11H2,1-2H3,(H2,18,20)(H,19,24). The Morgan fingerprint density at radius 2 is 2.04 bits per heavy atom. The van der Waals surface area contributed by atoms with Crippen molar-refractivity contribution < 1.29 is 13.2 Å². The maximum atomic E-state index is 12.6. The van der Waals surface area contributed by atoms with Gasteiger partial charge in [0.05, 0.1) is 10.6 Å². The van der Waals surface area contributed by atoms with Gasteiger partial charge >= 0.3 is 0 Å². The van der Waals surface area contributed by atoms with Gasteiger partial charge in [-0.1, -0.05) is 31.7 Å². The minimum atomic E-state index is -3.58. The number of hydrogen-bond acceptors (Lipinski definition) is 7. The van der Waals surface area contributed by atoms with Crippen molar-refractivity contribution in [3.05, 3.63) is 24.3 Å². The van der Waals surface area contributed by atoms with Crippen LogP contribution in [0.25, 0.3) is 0 Å². The summed E-state index contributed by atoms with van der Waals surface area (Å²) in [5, 5.41) is 11.3. The zero-order valence-corrected chi connectivity index (χ0v) is 17.5. The molecule has 0 atom stereocenters. The second-order valence-electron chi connectivity index (χ2n) is 6.40. The Morgan fingerprint density at radius 3 is 2.68 bits per heavy atom. The number of nitrogens with two attached hydrogens (primary N) is 1. The summed E-state index contributed by atoms with van der Waals surface area (Å²) in [6.07, 6.45) is 2.08. The van der Waals surface area contributed by atoms with Crippen LogP contribution < -0.4 is 11.1 Å². The van der Waals surface area contributed by atoms with Crippen molar-refractivity contribution in [2.75, 3.05) is 29.9 Å². The first kappa shape index (κ1) is 20.6. The molecule has 0 aliphatic heterocycles. The van der Waals surface area contributed by atoms with Gasteiger partial charge in [-0.2, -0.15) is 4.31 Å². The van der Waals surface area contributed by atoms with E-state index in [-0.39, 0.29) is 16.6 Å². The Balaban J connectivity index is 1.65. The Labute approximate surface area is 168 Å². The van der Waals surface area contributed by atoms with E-state index in [0.717, 1.165) is 12.8 Å². The number of nitrogen functional groups attached to an aromatic ring is 1. The number of carbonyl (C=O) groups is 1. The first-order valence-corrected chi connectivity index (χ1v) is 11.5. The van der Waals surface area contributed by atoms with Crippen LogP contribution in [-0.2, 0) is 14.8 Å². The topological polar surface area (TPSA) is 123 Å². The zero-order chi connectivity index (χ0) is 20.3. The number of aromatic nitrogens is 3. The molecule has 0 bridgehead atoms. The molecule has 1 amide bonds. The number of rotatable bonds is 9. The fourth-order valence-corrected chi connectivity index (χ4v) is 5.15. The normalized spacial score (nSPS) is 14.4. The highest BCUT2D eigenvalue weighted by atomic mass is 32.2. The fourth-order valence-electron chi connectivity index (χ4n) is 2.84. The van der Waals surface area contributed by atoms with Gasteiger partial charge in [0.15, 0.2) is 5.16 Å². The molecule has 1 aliphatic carbocycles. The quantitative estimate of drug-likeness (QED) is 0.590. The number of carbonyl (C=O) groups excluding carboxylic acids is 1. The van der Waals surface area contributed by atoms with Crippen molar-refractivity contribution in [1.29, 1.82) is 0 Å². The number of nitrogens with zero attached hydrogens (tertiary/aromatic N) is 4. The molecule has 0 spiro atoms. The molecule has 9 nitrogen and oxygen atoms in total. The highest BCUT2D eigenvalue weighted by molar-refractivity contribution is 7.99. The van der Waals surface area contributed by atoms with E-state index < -0.39 is 10.0 Å². The van der Waals surface area contributed by atoms with E-state index in [1.54, 1.807) is 26.0 Å². The highest BCUT2D eigenvalue weighted by Gasteiger charge is 2.29. The molecular formula is C17H24N6O3S2. The number of nitrogens with one attached hydrogen (secondary N) is 1. The van der Waals surface area contributed by atoms with E-state index in [9.17, 15) is 13.2 Å². The molecule has 3 rings (SSSR count). The third-order valence-electron chi connectivity index (χ3n) is 4.40. The Bertz CT molecular complexity index is 952. The molecule has 1 saturated carbocycles. The summed E-state index contributed by atoms with van der Waals surface area (Å²) >= 11 is 1.26. The summed E-state index contributed by atoms with van der Waals surface area (Å²) in [6, 6.07) is 6.60. The van der Waals surface area contributed by atoms with Gasteiger partial charge in [-0.3, -0.25) is 9.36 Å². The first-order valence-electron chi connectivity index (χ1n) is 9.10. The molecule has 2 aromatic rings. The van der Waals surface area contributed by atoms with Crippen molar-refractivity contribution in [3.63, 3.8) is 0 Å². The molecule has 1 heterocycles. The molecule has 1 aromatic heterocycles. The summed E-state index contributed by atoms with van der Waals surface area (Å²) < 4.78 is 28.5. The van der Waals surface area contributed by atoms with E-state index in [0.29, 0.717) is 35.9 Å². The molecule has 0 saturated heterocycles. The van der Waals surface area contributed by atoms with Crippen molar-refractivity contribution >= 4 is 39.3 Å². The second kappa shape index (κ2) is 8.50. The molecule has 1 fully saturated rings. The van der Waals surface area contributed by atoms with E-state index in [1.807, 2.05) is 4.57 Å². The predicted molar refractivity (Wildman–Crippen MR) is 109 cm³/mol. The van der Waals surface area contributed by atoms with Crippen LogP contribution in [0, 0.1) is 0 Å². The number of benzene rings is 1. The van der Waals surface area contributed by atoms with Crippen LogP contribution in [0.5, 0.6) is 0 Å². The van der Waals surface area contributed by atoms with E-state index in [2.05, 4.69) is 15.5 Å². The van der Waals surface area contributed by atoms with E-state index >= 15 is 0 Å². The smallest absolute Gasteiger partial charge is 0.243 e. The van der Waals surface area contributed by atoms with Crippen LogP contribution in [0.2, 0.25) is 0 Å². The lowest BCUT2D eigenvalue weighted by Crippen LogP contribution is -2.30. The van der Waals surface area contributed by atoms with Crippen LogP contribution in [0.4, 0.5) is 11.6 Å². The van der Waals surface area contributed by atoms with Gasteiger partial charge in [0.2, 0.25) is 21.9 Å². The number of sulfonamides is 1. The monoisotopic (exact) mass is 424 g/mol. The largest absolute Gasteiger partial charge is 0.368 e. The molecular weight excluding hydrogens is 400 g/mol. The molecule has 1 aliphatic rings. The third kappa shape index (κ3) is 4.47. The molecule has 28 heavy (non-hydrogen) atoms. The maximum absolute atomic E-state index is 12.6. The summed E-state index contributed by atoms with van der Waals surface area (Å²) in [5.41, 5.74) is 6.26. The SMILES string of the molecule is CCN(CC)S(=O)(=O)c1cccc(NC(=O)CSc2nnc(N)n2C2CC2)c1. The average Bonchev–Trinajstić information content (AvgIpc) is 3.43. The number of thioether (sulfide) groups is 1. The summed E-state index contributed by atoms with van der Waals surface area (Å²) in [4.78, 5) is 12.5. The van der Waals surface area contributed by atoms with E-state index in [1.165, 1.54) is 28.2 Å². The van der Waals surface area contributed by atoms with Gasteiger partial charge in [-0.25, -0.2) is 8.42 Å². The van der Waals surface area contributed by atoms with Crippen LogP contribution in [0.3, 0.4) is 0 Å². The van der Waals surface area contributed by atoms with Gasteiger partial charge < -0.3 is 11.1 Å². The van der Waals surface area contributed by atoms with Gasteiger partial charge in [0, 0.05) is 24.8 Å². The number of anilines is 2. The fraction of sp³-hybridized carbons (Fsp3) is 0.471. The Morgan fingerprint density at radius 1 is 1.32 bits per heavy atom. The Kier molecular flexibility index (Phi) is 6.26. The van der Waals surface area contributed by atoms with Crippen molar-refractivity contribution in [2.24, 2.45) is 0 Å². The third-order valence-corrected chi connectivity index (χ3v) is 7.39. The lowest BCUT2D eigenvalue weighted by atomic mass is 10.3. The molecule has 3 N–H and O–H groups in total. The molecule has 0 unspecified atom stereocenters. The van der Waals surface area contributed by atoms with Crippen LogP contribution in [0.1, 0.15) is 32.7 Å². The minimum Gasteiger partial charge on any atom is -0.368 e. The van der Waals surface area contributed by atoms with Gasteiger partial charge in [0.25, 0.3) is 0 Å². The summed E-state index contributed by atoms with van der Waals surface area (Å²) in [7, 11) is -3.58. The highest BCUT2D eigenvalue weighted by Crippen LogP contribution is 2.39. The summed E-state index contributed by atoms with van der Waals surface area (Å²) in [6.45, 7) is 4.35. The van der Waals surface area contributed by atoms with E-state index in [4.69, 9.17) is 5.73 Å². The van der Waals surface area contributed by atoms with Gasteiger partial charge in [-0.15, -0.1) is 10.2 Å². The van der Waals surface area contributed by atoms with Crippen LogP contribution in [-0.4, -0.2) is 52.2 Å². The van der Waals surface area contributed by atoms with Gasteiger partial charge in [-0.05, 0) is 31.0 Å². The lowest BCUT2D eigenvalue weighted by molar-refractivity contribution is -0.113. The average molecular weight is 425 g/mol. The molecule has 0 radical (unpaired) electrons. The predicted octanol–water partition coefficient (Wildman–Crippen LogP) is 1.96. The second-order valence-corrected chi connectivity index (χ2v) is 9.28. The Hall–Kier alpha value is -2.11. The number of amides is 1. The van der Waals surface area contributed by atoms with Crippen LogP contribution >= 0.6 is 11.8 Å². The molecule has 152 valence electrons. The minimum absolute atomic E-state index is 0.123. The van der Waals surface area contributed by atoms with Gasteiger partial charge in [0.1, 0.15) is 0 Å². The zero-order valence-electron chi connectivity index (χ0n) is 15.8. The van der Waals surface area contributed by atoms with Crippen molar-refractivity contribution in [1.82, 2.24) is 19.1 Å². The van der Waals surface area contributed by atoms with Crippen molar-refractivity contribution in [2.45, 2.75) is 42.8 Å².